The Hall–Kier alpha value is -1.66. The van der Waals surface area contributed by atoms with E-state index in [-0.39, 0.29) is 29.9 Å². The number of amides is 1. The van der Waals surface area contributed by atoms with Crippen LogP contribution in [0.1, 0.15) is 33.6 Å². The van der Waals surface area contributed by atoms with Crippen LogP contribution in [0, 0.1) is 5.41 Å². The maximum absolute atomic E-state index is 11.7. The second kappa shape index (κ2) is 5.99. The van der Waals surface area contributed by atoms with Crippen molar-refractivity contribution in [3.05, 3.63) is 22.6 Å². The van der Waals surface area contributed by atoms with Crippen LogP contribution in [0.3, 0.4) is 0 Å². The first kappa shape index (κ1) is 15.4. The molecular formula is C13H20N2O4. The Bertz CT molecular complexity index is 459. The van der Waals surface area contributed by atoms with E-state index < -0.39 is 18.1 Å². The van der Waals surface area contributed by atoms with E-state index >= 15 is 0 Å². The number of nitrogens with one attached hydrogen (secondary N) is 2. The fraction of sp³-hybridized carbons (Fsp3) is 0.538. The van der Waals surface area contributed by atoms with E-state index in [9.17, 15) is 15.0 Å². The van der Waals surface area contributed by atoms with Crippen LogP contribution in [0.4, 0.5) is 0 Å². The van der Waals surface area contributed by atoms with Gasteiger partial charge in [-0.05, 0) is 32.8 Å². The van der Waals surface area contributed by atoms with Gasteiger partial charge in [0.1, 0.15) is 5.57 Å². The Labute approximate surface area is 112 Å². The highest BCUT2D eigenvalue weighted by Crippen LogP contribution is 2.23. The van der Waals surface area contributed by atoms with E-state index in [1.165, 1.54) is 6.92 Å². The van der Waals surface area contributed by atoms with E-state index in [2.05, 4.69) is 5.32 Å². The Balaban J connectivity index is 2.88. The van der Waals surface area contributed by atoms with Gasteiger partial charge >= 0.3 is 0 Å². The summed E-state index contributed by atoms with van der Waals surface area (Å²) in [6, 6.07) is 0. The number of allylic oxidation sites excluding steroid dienone is 1. The van der Waals surface area contributed by atoms with Crippen LogP contribution < -0.4 is 5.32 Å². The van der Waals surface area contributed by atoms with Crippen LogP contribution in [0.5, 0.6) is 0 Å². The molecule has 0 aromatic rings. The summed E-state index contributed by atoms with van der Waals surface area (Å²) >= 11 is 0. The Morgan fingerprint density at radius 2 is 1.95 bits per heavy atom. The first-order valence-corrected chi connectivity index (χ1v) is 6.10. The zero-order valence-electron chi connectivity index (χ0n) is 11.3. The lowest BCUT2D eigenvalue weighted by Crippen LogP contribution is -2.24. The topological polar surface area (TPSA) is 114 Å². The molecule has 0 saturated heterocycles. The molecule has 106 valence electrons. The highest BCUT2D eigenvalue weighted by molar-refractivity contribution is 6.23. The summed E-state index contributed by atoms with van der Waals surface area (Å²) in [6.07, 6.45) is -1.58. The smallest absolute Gasteiger partial charge is 0.261 e. The average molecular weight is 268 g/mol. The summed E-state index contributed by atoms with van der Waals surface area (Å²) in [5.74, 6) is -0.790. The van der Waals surface area contributed by atoms with Gasteiger partial charge in [0, 0.05) is 6.42 Å². The molecule has 1 aliphatic rings. The second-order valence-electron chi connectivity index (χ2n) is 4.97. The molecule has 0 fully saturated rings. The number of aliphatic hydroxyl groups is 3. The quantitative estimate of drug-likeness (QED) is 0.474. The molecule has 0 aliphatic carbocycles. The van der Waals surface area contributed by atoms with Crippen molar-refractivity contribution in [3.63, 3.8) is 0 Å². The summed E-state index contributed by atoms with van der Waals surface area (Å²) in [5.41, 5.74) is 0.799. The van der Waals surface area contributed by atoms with Crippen LogP contribution in [0.2, 0.25) is 0 Å². The predicted molar refractivity (Wildman–Crippen MR) is 70.8 cm³/mol. The van der Waals surface area contributed by atoms with Crippen molar-refractivity contribution in [1.82, 2.24) is 5.32 Å². The van der Waals surface area contributed by atoms with Gasteiger partial charge in [-0.3, -0.25) is 4.79 Å². The monoisotopic (exact) mass is 268 g/mol. The van der Waals surface area contributed by atoms with E-state index in [1.54, 1.807) is 13.8 Å². The molecule has 1 aliphatic heterocycles. The zero-order valence-corrected chi connectivity index (χ0v) is 11.3. The Morgan fingerprint density at radius 3 is 2.37 bits per heavy atom. The number of carbonyl (C=O) groups excluding carboxylic acids is 1. The maximum Gasteiger partial charge on any atom is 0.261 e. The average Bonchev–Trinajstić information content (AvgIpc) is 2.52. The van der Waals surface area contributed by atoms with Gasteiger partial charge < -0.3 is 26.0 Å². The second-order valence-corrected chi connectivity index (χ2v) is 4.97. The molecule has 0 bridgehead atoms. The Morgan fingerprint density at radius 1 is 1.37 bits per heavy atom. The zero-order chi connectivity index (χ0) is 14.7. The minimum absolute atomic E-state index is 0.0895. The summed E-state index contributed by atoms with van der Waals surface area (Å²) in [7, 11) is 0. The van der Waals surface area contributed by atoms with Crippen LogP contribution in [0.15, 0.2) is 22.6 Å². The molecule has 0 unspecified atom stereocenters. The fourth-order valence-corrected chi connectivity index (χ4v) is 1.92. The van der Waals surface area contributed by atoms with Gasteiger partial charge in [-0.1, -0.05) is 0 Å². The molecule has 1 rings (SSSR count). The SMILES string of the molecule is CC(C)=C1NC(=O)C(C(=N)C[C@@H](O)C[C@H](C)O)=C1O. The maximum atomic E-state index is 11.7. The fourth-order valence-electron chi connectivity index (χ4n) is 1.92. The normalized spacial score (nSPS) is 18.4. The molecule has 19 heavy (non-hydrogen) atoms. The van der Waals surface area contributed by atoms with Crippen molar-refractivity contribution in [1.29, 1.82) is 5.41 Å². The van der Waals surface area contributed by atoms with Crippen LogP contribution >= 0.6 is 0 Å². The third kappa shape index (κ3) is 3.65. The molecule has 0 spiro atoms. The number of carbonyl (C=O) groups is 1. The summed E-state index contributed by atoms with van der Waals surface area (Å²) in [5, 5.41) is 39.0. The van der Waals surface area contributed by atoms with Crippen molar-refractivity contribution < 1.29 is 20.1 Å². The van der Waals surface area contributed by atoms with Crippen molar-refractivity contribution in [2.45, 2.75) is 45.8 Å². The number of aliphatic hydroxyl groups excluding tert-OH is 3. The van der Waals surface area contributed by atoms with Gasteiger partial charge in [-0.2, -0.15) is 0 Å². The van der Waals surface area contributed by atoms with Crippen LogP contribution in [-0.2, 0) is 4.79 Å². The summed E-state index contributed by atoms with van der Waals surface area (Å²) in [6.45, 7) is 5.01. The van der Waals surface area contributed by atoms with Crippen molar-refractivity contribution in [2.75, 3.05) is 0 Å². The summed E-state index contributed by atoms with van der Waals surface area (Å²) < 4.78 is 0. The third-order valence-electron chi connectivity index (χ3n) is 2.79. The van der Waals surface area contributed by atoms with Gasteiger partial charge in [0.2, 0.25) is 0 Å². The van der Waals surface area contributed by atoms with Crippen LogP contribution in [-0.4, -0.2) is 39.1 Å². The van der Waals surface area contributed by atoms with Crippen molar-refractivity contribution in [2.24, 2.45) is 0 Å². The molecular weight excluding hydrogens is 248 g/mol. The lowest BCUT2D eigenvalue weighted by Gasteiger charge is -2.12. The molecule has 1 heterocycles. The molecule has 6 nitrogen and oxygen atoms in total. The van der Waals surface area contributed by atoms with E-state index in [0.717, 1.165) is 5.57 Å². The van der Waals surface area contributed by atoms with Crippen molar-refractivity contribution >= 4 is 11.6 Å². The first-order chi connectivity index (χ1) is 8.73. The number of hydrogen-bond acceptors (Lipinski definition) is 5. The van der Waals surface area contributed by atoms with E-state index in [1.807, 2.05) is 0 Å². The van der Waals surface area contributed by atoms with Gasteiger partial charge in [-0.15, -0.1) is 0 Å². The summed E-state index contributed by atoms with van der Waals surface area (Å²) in [4.78, 5) is 11.7. The molecule has 2 atom stereocenters. The van der Waals surface area contributed by atoms with E-state index in [4.69, 9.17) is 10.5 Å². The van der Waals surface area contributed by atoms with E-state index in [0.29, 0.717) is 5.70 Å². The first-order valence-electron chi connectivity index (χ1n) is 6.10. The molecule has 1 amide bonds. The molecule has 5 N–H and O–H groups in total. The van der Waals surface area contributed by atoms with Gasteiger partial charge in [0.25, 0.3) is 5.91 Å². The van der Waals surface area contributed by atoms with Crippen molar-refractivity contribution in [3.8, 4) is 0 Å². The Kier molecular flexibility index (Phi) is 4.85. The van der Waals surface area contributed by atoms with Crippen LogP contribution in [0.25, 0.3) is 0 Å². The largest absolute Gasteiger partial charge is 0.505 e. The predicted octanol–water partition coefficient (Wildman–Crippen LogP) is 0.764. The van der Waals surface area contributed by atoms with Gasteiger partial charge in [0.15, 0.2) is 5.76 Å². The van der Waals surface area contributed by atoms with Gasteiger partial charge in [0.05, 0.1) is 23.6 Å². The molecule has 0 aromatic carbocycles. The lowest BCUT2D eigenvalue weighted by molar-refractivity contribution is -0.115. The van der Waals surface area contributed by atoms with Gasteiger partial charge in [-0.25, -0.2) is 0 Å². The molecule has 0 aromatic heterocycles. The highest BCUT2D eigenvalue weighted by atomic mass is 16.3. The minimum Gasteiger partial charge on any atom is -0.505 e. The number of rotatable bonds is 5. The highest BCUT2D eigenvalue weighted by Gasteiger charge is 2.31. The molecule has 0 radical (unpaired) electrons. The third-order valence-corrected chi connectivity index (χ3v) is 2.79. The minimum atomic E-state index is -0.920. The lowest BCUT2D eigenvalue weighted by atomic mass is 10.0. The standard InChI is InChI=1S/C13H20N2O4/c1-6(2)11-12(18)10(13(19)15-11)9(14)5-8(17)4-7(3)16/h7-8,14,16-18H,4-5H2,1-3H3,(H,15,19)/t7-,8-/m0/s1. The molecule has 6 heteroatoms. The molecule has 0 saturated carbocycles. The number of hydrogen-bond donors (Lipinski definition) is 5.